The quantitative estimate of drug-likeness (QED) is 0.578. The van der Waals surface area contributed by atoms with Crippen molar-refractivity contribution in [3.8, 4) is 0 Å². The van der Waals surface area contributed by atoms with Crippen LogP contribution in [0.2, 0.25) is 0 Å². The fourth-order valence-electron chi connectivity index (χ4n) is 4.10. The molecule has 1 aromatic rings. The summed E-state index contributed by atoms with van der Waals surface area (Å²) < 4.78 is 0. The number of nitrogens with one attached hydrogen (secondary N) is 2. The van der Waals surface area contributed by atoms with Crippen molar-refractivity contribution < 1.29 is 0 Å². The predicted molar refractivity (Wildman–Crippen MR) is 110 cm³/mol. The summed E-state index contributed by atoms with van der Waals surface area (Å²) in [5, 5.41) is 7.07. The smallest absolute Gasteiger partial charge is 0.191 e. The summed E-state index contributed by atoms with van der Waals surface area (Å²) >= 11 is 0. The second kappa shape index (κ2) is 9.38. The molecule has 1 saturated heterocycles. The van der Waals surface area contributed by atoms with E-state index in [0.29, 0.717) is 0 Å². The summed E-state index contributed by atoms with van der Waals surface area (Å²) in [5.74, 6) is 0.930. The third kappa shape index (κ3) is 4.77. The Bertz CT molecular complexity index is 559. The van der Waals surface area contributed by atoms with Crippen molar-refractivity contribution in [2.75, 3.05) is 59.4 Å². The first-order chi connectivity index (χ1) is 12.8. The van der Waals surface area contributed by atoms with E-state index < -0.39 is 0 Å². The van der Waals surface area contributed by atoms with Crippen LogP contribution in [0.4, 0.5) is 0 Å². The van der Waals surface area contributed by atoms with Crippen molar-refractivity contribution in [3.63, 3.8) is 0 Å². The van der Waals surface area contributed by atoms with Crippen LogP contribution >= 0.6 is 0 Å². The summed E-state index contributed by atoms with van der Waals surface area (Å²) in [6.07, 6.45) is 3.86. The van der Waals surface area contributed by atoms with Crippen molar-refractivity contribution in [1.29, 1.82) is 0 Å². The third-order valence-corrected chi connectivity index (χ3v) is 6.15. The summed E-state index contributed by atoms with van der Waals surface area (Å²) in [7, 11) is 1.87. The number of nitrogens with zero attached hydrogens (tertiary/aromatic N) is 3. The normalized spacial score (nSPS) is 21.2. The van der Waals surface area contributed by atoms with E-state index in [1.54, 1.807) is 0 Å². The number of rotatable bonds is 7. The van der Waals surface area contributed by atoms with Gasteiger partial charge in [-0.2, -0.15) is 0 Å². The second-order valence-corrected chi connectivity index (χ2v) is 7.63. The number of hydrogen-bond acceptors (Lipinski definition) is 3. The first-order valence-electron chi connectivity index (χ1n) is 10.2. The highest BCUT2D eigenvalue weighted by atomic mass is 15.3. The zero-order valence-corrected chi connectivity index (χ0v) is 16.5. The van der Waals surface area contributed by atoms with Gasteiger partial charge in [0.2, 0.25) is 0 Å². The summed E-state index contributed by atoms with van der Waals surface area (Å²) in [6, 6.07) is 10.9. The van der Waals surface area contributed by atoms with Crippen LogP contribution in [-0.4, -0.2) is 75.2 Å². The third-order valence-electron chi connectivity index (χ3n) is 6.15. The van der Waals surface area contributed by atoms with Gasteiger partial charge in [-0.1, -0.05) is 43.7 Å². The lowest BCUT2D eigenvalue weighted by Gasteiger charge is -2.43. The fraction of sp³-hybridized carbons (Fsp3) is 0.667. The number of benzene rings is 1. The summed E-state index contributed by atoms with van der Waals surface area (Å²) in [4.78, 5) is 9.48. The molecule has 0 bridgehead atoms. The molecular formula is C21H35N5. The topological polar surface area (TPSA) is 42.9 Å². The molecule has 5 nitrogen and oxygen atoms in total. The molecular weight excluding hydrogens is 322 g/mol. The largest absolute Gasteiger partial charge is 0.356 e. The van der Waals surface area contributed by atoms with Crippen molar-refractivity contribution in [3.05, 3.63) is 35.9 Å². The van der Waals surface area contributed by atoms with Gasteiger partial charge in [-0.15, -0.1) is 0 Å². The fourth-order valence-corrected chi connectivity index (χ4v) is 4.10. The minimum absolute atomic E-state index is 0.287. The monoisotopic (exact) mass is 357 g/mol. The molecule has 0 radical (unpaired) electrons. The SMILES string of the molecule is CCN1CCN(CCNC(=NC)NCC2(c3ccccc3)CCC2)CC1. The maximum atomic E-state index is 4.42. The number of piperazine rings is 1. The molecule has 0 amide bonds. The molecule has 2 N–H and O–H groups in total. The van der Waals surface area contributed by atoms with Gasteiger partial charge in [0.15, 0.2) is 5.96 Å². The number of hydrogen-bond donors (Lipinski definition) is 2. The average molecular weight is 358 g/mol. The van der Waals surface area contributed by atoms with Gasteiger partial charge in [-0.25, -0.2) is 0 Å². The van der Waals surface area contributed by atoms with Crippen LogP contribution in [0.3, 0.4) is 0 Å². The molecule has 0 spiro atoms. The van der Waals surface area contributed by atoms with Crippen LogP contribution in [0.25, 0.3) is 0 Å². The molecule has 144 valence electrons. The molecule has 2 fully saturated rings. The maximum absolute atomic E-state index is 4.42. The molecule has 26 heavy (non-hydrogen) atoms. The van der Waals surface area contributed by atoms with E-state index in [-0.39, 0.29) is 5.41 Å². The molecule has 0 unspecified atom stereocenters. The lowest BCUT2D eigenvalue weighted by molar-refractivity contribution is 0.139. The van der Waals surface area contributed by atoms with E-state index in [1.807, 2.05) is 7.05 Å². The molecule has 1 aliphatic carbocycles. The first-order valence-corrected chi connectivity index (χ1v) is 10.2. The maximum Gasteiger partial charge on any atom is 0.191 e. The Kier molecular flexibility index (Phi) is 6.92. The Labute approximate surface area is 158 Å². The van der Waals surface area contributed by atoms with Crippen LogP contribution in [0.5, 0.6) is 0 Å². The van der Waals surface area contributed by atoms with Crippen LogP contribution < -0.4 is 10.6 Å². The standard InChI is InChI=1S/C21H35N5/c1-3-25-14-16-26(17-15-25)13-12-23-20(22-2)24-18-21(10-7-11-21)19-8-5-4-6-9-19/h4-6,8-9H,3,7,10-18H2,1-2H3,(H2,22,23,24). The van der Waals surface area contributed by atoms with Gasteiger partial charge >= 0.3 is 0 Å². The highest BCUT2D eigenvalue weighted by Crippen LogP contribution is 2.43. The Hall–Kier alpha value is -1.59. The lowest BCUT2D eigenvalue weighted by Crippen LogP contribution is -2.51. The Morgan fingerprint density at radius 1 is 1.04 bits per heavy atom. The van der Waals surface area contributed by atoms with Crippen LogP contribution in [0, 0.1) is 0 Å². The molecule has 0 aromatic heterocycles. The van der Waals surface area contributed by atoms with Crippen molar-refractivity contribution in [2.24, 2.45) is 4.99 Å². The Balaban J connectivity index is 1.41. The van der Waals surface area contributed by atoms with E-state index in [1.165, 1.54) is 57.5 Å². The van der Waals surface area contributed by atoms with Crippen molar-refractivity contribution in [2.45, 2.75) is 31.6 Å². The van der Waals surface area contributed by atoms with E-state index >= 15 is 0 Å². The summed E-state index contributed by atoms with van der Waals surface area (Å²) in [6.45, 7) is 11.2. The molecule has 1 aliphatic heterocycles. The predicted octanol–water partition coefficient (Wildman–Crippen LogP) is 1.91. The molecule has 5 heteroatoms. The zero-order chi connectivity index (χ0) is 18.2. The second-order valence-electron chi connectivity index (χ2n) is 7.63. The minimum atomic E-state index is 0.287. The molecule has 1 aromatic carbocycles. The van der Waals surface area contributed by atoms with E-state index in [0.717, 1.165) is 25.6 Å². The molecule has 1 heterocycles. The summed E-state index contributed by atoms with van der Waals surface area (Å²) in [5.41, 5.74) is 1.75. The minimum Gasteiger partial charge on any atom is -0.356 e. The number of likely N-dealkylation sites (N-methyl/N-ethyl adjacent to an activating group) is 1. The zero-order valence-electron chi connectivity index (χ0n) is 16.5. The van der Waals surface area contributed by atoms with Crippen LogP contribution in [0.15, 0.2) is 35.3 Å². The molecule has 0 atom stereocenters. The van der Waals surface area contributed by atoms with Crippen molar-refractivity contribution >= 4 is 5.96 Å². The first kappa shape index (κ1) is 19.2. The highest BCUT2D eigenvalue weighted by Gasteiger charge is 2.38. The number of aliphatic imine (C=N–C) groups is 1. The Morgan fingerprint density at radius 3 is 2.31 bits per heavy atom. The Morgan fingerprint density at radius 2 is 1.73 bits per heavy atom. The molecule has 3 rings (SSSR count). The van der Waals surface area contributed by atoms with Crippen molar-refractivity contribution in [1.82, 2.24) is 20.4 Å². The van der Waals surface area contributed by atoms with E-state index in [4.69, 9.17) is 0 Å². The van der Waals surface area contributed by atoms with Gasteiger partial charge in [0, 0.05) is 58.3 Å². The van der Waals surface area contributed by atoms with E-state index in [9.17, 15) is 0 Å². The van der Waals surface area contributed by atoms with Gasteiger partial charge in [-0.05, 0) is 24.9 Å². The number of guanidine groups is 1. The highest BCUT2D eigenvalue weighted by molar-refractivity contribution is 5.79. The lowest BCUT2D eigenvalue weighted by atomic mass is 9.64. The van der Waals surface area contributed by atoms with Gasteiger partial charge < -0.3 is 15.5 Å². The van der Waals surface area contributed by atoms with Gasteiger partial charge in [0.1, 0.15) is 0 Å². The van der Waals surface area contributed by atoms with Gasteiger partial charge in [-0.3, -0.25) is 9.89 Å². The van der Waals surface area contributed by atoms with E-state index in [2.05, 4.69) is 62.7 Å². The molecule has 2 aliphatic rings. The van der Waals surface area contributed by atoms with Crippen LogP contribution in [-0.2, 0) is 5.41 Å². The van der Waals surface area contributed by atoms with Gasteiger partial charge in [0.25, 0.3) is 0 Å². The van der Waals surface area contributed by atoms with Gasteiger partial charge in [0.05, 0.1) is 0 Å². The van der Waals surface area contributed by atoms with Crippen LogP contribution in [0.1, 0.15) is 31.7 Å². The average Bonchev–Trinajstić information content (AvgIpc) is 2.67. The molecule has 1 saturated carbocycles.